The SMILES string of the molecule is CCc1cccc(NC(=O)N2CCN(c3nc(Cc4ccc(C)cc4)ns3)CC2)c1. The van der Waals surface area contributed by atoms with Crippen molar-refractivity contribution in [1.82, 2.24) is 14.3 Å². The van der Waals surface area contributed by atoms with Crippen molar-refractivity contribution in [2.45, 2.75) is 26.7 Å². The highest BCUT2D eigenvalue weighted by molar-refractivity contribution is 7.09. The van der Waals surface area contributed by atoms with Crippen LogP contribution in [-0.2, 0) is 12.8 Å². The Kier molecular flexibility index (Phi) is 6.28. The second kappa shape index (κ2) is 9.26. The standard InChI is InChI=1S/C23H27N5OS/c1-3-18-5-4-6-20(15-18)24-22(29)27-11-13-28(14-12-27)23-25-21(26-30-23)16-19-9-7-17(2)8-10-19/h4-10,15H,3,11-14,16H2,1-2H3,(H,24,29). The van der Waals surface area contributed by atoms with Crippen molar-refractivity contribution in [1.29, 1.82) is 0 Å². The summed E-state index contributed by atoms with van der Waals surface area (Å²) in [6.45, 7) is 7.08. The molecule has 1 aromatic heterocycles. The monoisotopic (exact) mass is 421 g/mol. The molecule has 30 heavy (non-hydrogen) atoms. The van der Waals surface area contributed by atoms with Crippen molar-refractivity contribution < 1.29 is 4.79 Å². The first-order valence-corrected chi connectivity index (χ1v) is 11.2. The van der Waals surface area contributed by atoms with Gasteiger partial charge in [-0.05, 0) is 36.6 Å². The van der Waals surface area contributed by atoms with Crippen LogP contribution in [0.5, 0.6) is 0 Å². The summed E-state index contributed by atoms with van der Waals surface area (Å²) in [5.41, 5.74) is 4.55. The number of hydrogen-bond acceptors (Lipinski definition) is 5. The van der Waals surface area contributed by atoms with E-state index in [2.05, 4.69) is 58.8 Å². The number of nitrogens with one attached hydrogen (secondary N) is 1. The van der Waals surface area contributed by atoms with E-state index < -0.39 is 0 Å². The van der Waals surface area contributed by atoms with E-state index in [9.17, 15) is 4.79 Å². The zero-order valence-corrected chi connectivity index (χ0v) is 18.3. The number of anilines is 2. The number of amides is 2. The van der Waals surface area contributed by atoms with Crippen LogP contribution in [0, 0.1) is 6.92 Å². The highest BCUT2D eigenvalue weighted by Crippen LogP contribution is 2.21. The van der Waals surface area contributed by atoms with Crippen LogP contribution < -0.4 is 10.2 Å². The second-order valence-electron chi connectivity index (χ2n) is 7.61. The third kappa shape index (κ3) is 4.97. The fraction of sp³-hybridized carbons (Fsp3) is 0.348. The van der Waals surface area contributed by atoms with Gasteiger partial charge < -0.3 is 15.1 Å². The van der Waals surface area contributed by atoms with Crippen LogP contribution in [0.15, 0.2) is 48.5 Å². The summed E-state index contributed by atoms with van der Waals surface area (Å²) in [6.07, 6.45) is 1.70. The zero-order valence-electron chi connectivity index (χ0n) is 17.5. The summed E-state index contributed by atoms with van der Waals surface area (Å²) in [4.78, 5) is 21.4. The number of carbonyl (C=O) groups is 1. The van der Waals surface area contributed by atoms with Crippen molar-refractivity contribution in [3.63, 3.8) is 0 Å². The van der Waals surface area contributed by atoms with Crippen molar-refractivity contribution in [2.75, 3.05) is 36.4 Å². The molecule has 0 saturated carbocycles. The van der Waals surface area contributed by atoms with Gasteiger partial charge in [-0.1, -0.05) is 48.9 Å². The molecule has 156 valence electrons. The predicted molar refractivity (Wildman–Crippen MR) is 123 cm³/mol. The lowest BCUT2D eigenvalue weighted by atomic mass is 10.1. The maximum absolute atomic E-state index is 12.6. The molecule has 4 rings (SSSR count). The minimum atomic E-state index is -0.0415. The Morgan fingerprint density at radius 1 is 1.07 bits per heavy atom. The summed E-state index contributed by atoms with van der Waals surface area (Å²) in [5, 5.41) is 3.96. The number of nitrogens with zero attached hydrogens (tertiary/aromatic N) is 4. The maximum Gasteiger partial charge on any atom is 0.321 e. The van der Waals surface area contributed by atoms with E-state index in [1.807, 2.05) is 23.1 Å². The molecular formula is C23H27N5OS. The van der Waals surface area contributed by atoms with Gasteiger partial charge >= 0.3 is 6.03 Å². The fourth-order valence-corrected chi connectivity index (χ4v) is 4.24. The first-order valence-electron chi connectivity index (χ1n) is 10.4. The smallest absolute Gasteiger partial charge is 0.321 e. The van der Waals surface area contributed by atoms with E-state index in [4.69, 9.17) is 4.98 Å². The minimum absolute atomic E-state index is 0.0415. The van der Waals surface area contributed by atoms with E-state index in [-0.39, 0.29) is 6.03 Å². The lowest BCUT2D eigenvalue weighted by Gasteiger charge is -2.34. The van der Waals surface area contributed by atoms with Crippen molar-refractivity contribution in [2.24, 2.45) is 0 Å². The Bertz CT molecular complexity index is 993. The number of urea groups is 1. The van der Waals surface area contributed by atoms with E-state index >= 15 is 0 Å². The number of aryl methyl sites for hydroxylation is 2. The molecule has 0 aliphatic carbocycles. The highest BCUT2D eigenvalue weighted by atomic mass is 32.1. The van der Waals surface area contributed by atoms with Crippen LogP contribution in [0.2, 0.25) is 0 Å². The van der Waals surface area contributed by atoms with Crippen LogP contribution in [0.25, 0.3) is 0 Å². The van der Waals surface area contributed by atoms with Crippen LogP contribution >= 0.6 is 11.5 Å². The average molecular weight is 422 g/mol. The molecule has 0 bridgehead atoms. The van der Waals surface area contributed by atoms with Gasteiger partial charge in [0.2, 0.25) is 5.13 Å². The first-order chi connectivity index (χ1) is 14.6. The number of hydrogen-bond donors (Lipinski definition) is 1. The van der Waals surface area contributed by atoms with Crippen molar-refractivity contribution in [3.8, 4) is 0 Å². The molecule has 0 unspecified atom stereocenters. The van der Waals surface area contributed by atoms with Gasteiger partial charge in [0.25, 0.3) is 0 Å². The third-order valence-corrected chi connectivity index (χ3v) is 6.18. The normalized spacial score (nSPS) is 14.1. The quantitative estimate of drug-likeness (QED) is 0.665. The highest BCUT2D eigenvalue weighted by Gasteiger charge is 2.23. The molecule has 3 aromatic rings. The first kappa shape index (κ1) is 20.3. The van der Waals surface area contributed by atoms with Gasteiger partial charge in [-0.15, -0.1) is 0 Å². The summed E-state index contributed by atoms with van der Waals surface area (Å²) in [6, 6.07) is 16.5. The summed E-state index contributed by atoms with van der Waals surface area (Å²) in [5.74, 6) is 0.856. The lowest BCUT2D eigenvalue weighted by Crippen LogP contribution is -2.50. The largest absolute Gasteiger partial charge is 0.343 e. The molecule has 1 aliphatic heterocycles. The Morgan fingerprint density at radius 3 is 2.57 bits per heavy atom. The number of carbonyl (C=O) groups excluding carboxylic acids is 1. The summed E-state index contributed by atoms with van der Waals surface area (Å²) >= 11 is 1.44. The molecule has 0 radical (unpaired) electrons. The number of aromatic nitrogens is 2. The number of benzene rings is 2. The van der Waals surface area contributed by atoms with Crippen LogP contribution in [0.4, 0.5) is 15.6 Å². The molecule has 7 heteroatoms. The van der Waals surface area contributed by atoms with Crippen LogP contribution in [-0.4, -0.2) is 46.5 Å². The van der Waals surface area contributed by atoms with Crippen LogP contribution in [0.1, 0.15) is 29.4 Å². The van der Waals surface area contributed by atoms with Crippen molar-refractivity contribution in [3.05, 3.63) is 71.0 Å². The van der Waals surface area contributed by atoms with Gasteiger partial charge in [0, 0.05) is 49.8 Å². The zero-order chi connectivity index (χ0) is 20.9. The molecule has 0 atom stereocenters. The Hall–Kier alpha value is -2.93. The molecule has 2 amide bonds. The Morgan fingerprint density at radius 2 is 1.83 bits per heavy atom. The minimum Gasteiger partial charge on any atom is -0.343 e. The number of rotatable bonds is 5. The predicted octanol–water partition coefficient (Wildman–Crippen LogP) is 4.35. The van der Waals surface area contributed by atoms with Gasteiger partial charge in [-0.25, -0.2) is 9.78 Å². The third-order valence-electron chi connectivity index (χ3n) is 5.36. The topological polar surface area (TPSA) is 61.4 Å². The van der Waals surface area contributed by atoms with E-state index in [1.165, 1.54) is 28.2 Å². The molecule has 1 N–H and O–H groups in total. The maximum atomic E-state index is 12.6. The van der Waals surface area contributed by atoms with Gasteiger partial charge in [-0.3, -0.25) is 0 Å². The molecule has 2 heterocycles. The molecular weight excluding hydrogens is 394 g/mol. The summed E-state index contributed by atoms with van der Waals surface area (Å²) in [7, 11) is 0. The molecule has 1 fully saturated rings. The van der Waals surface area contributed by atoms with Crippen molar-refractivity contribution >= 4 is 28.4 Å². The summed E-state index contributed by atoms with van der Waals surface area (Å²) < 4.78 is 4.53. The van der Waals surface area contributed by atoms with Gasteiger partial charge in [0.1, 0.15) is 5.82 Å². The van der Waals surface area contributed by atoms with Gasteiger partial charge in [0.05, 0.1) is 0 Å². The van der Waals surface area contributed by atoms with E-state index in [1.54, 1.807) is 0 Å². The van der Waals surface area contributed by atoms with Crippen LogP contribution in [0.3, 0.4) is 0 Å². The molecule has 1 saturated heterocycles. The number of piperazine rings is 1. The Labute approximate surface area is 181 Å². The van der Waals surface area contributed by atoms with E-state index in [0.717, 1.165) is 42.6 Å². The Balaban J connectivity index is 1.30. The fourth-order valence-electron chi connectivity index (χ4n) is 3.51. The molecule has 1 aliphatic rings. The average Bonchev–Trinajstić information content (AvgIpc) is 3.24. The second-order valence-corrected chi connectivity index (χ2v) is 8.34. The van der Waals surface area contributed by atoms with Gasteiger partial charge in [0.15, 0.2) is 0 Å². The van der Waals surface area contributed by atoms with Gasteiger partial charge in [-0.2, -0.15) is 4.37 Å². The molecule has 0 spiro atoms. The molecule has 2 aromatic carbocycles. The molecule has 6 nitrogen and oxygen atoms in total. The van der Waals surface area contributed by atoms with E-state index in [0.29, 0.717) is 13.1 Å². The lowest BCUT2D eigenvalue weighted by molar-refractivity contribution is 0.208.